The van der Waals surface area contributed by atoms with Crippen LogP contribution in [0.3, 0.4) is 0 Å². The van der Waals surface area contributed by atoms with E-state index in [1.807, 2.05) is 19.1 Å². The molecule has 7 nitrogen and oxygen atoms in total. The minimum Gasteiger partial charge on any atom is -0.321 e. The smallest absolute Gasteiger partial charge is 0.321 e. The molecular weight excluding hydrogens is 388 g/mol. The minimum absolute atomic E-state index is 0.0409. The van der Waals surface area contributed by atoms with Crippen molar-refractivity contribution in [2.75, 3.05) is 16.0 Å². The third-order valence-corrected chi connectivity index (χ3v) is 5.15. The molecule has 0 aliphatic rings. The number of Topliss-reactive ketones (excluding diaryl/α,β-unsaturated/α-hetero) is 1. The van der Waals surface area contributed by atoms with Gasteiger partial charge in [-0.3, -0.25) is 14.9 Å². The summed E-state index contributed by atoms with van der Waals surface area (Å²) in [6.07, 6.45) is 0. The summed E-state index contributed by atoms with van der Waals surface area (Å²) in [5.74, 6) is -0.372. The quantitative estimate of drug-likeness (QED) is 0.525. The molecule has 0 saturated carbocycles. The molecule has 0 unspecified atom stereocenters. The Bertz CT molecular complexity index is 1060. The highest BCUT2D eigenvalue weighted by Gasteiger charge is 2.17. The van der Waals surface area contributed by atoms with Gasteiger partial charge in [-0.2, -0.15) is 0 Å². The van der Waals surface area contributed by atoms with E-state index >= 15 is 0 Å². The molecule has 3 N–H and O–H groups in total. The van der Waals surface area contributed by atoms with Gasteiger partial charge < -0.3 is 10.6 Å². The van der Waals surface area contributed by atoms with E-state index in [4.69, 9.17) is 0 Å². The molecule has 1 aromatic heterocycles. The first kappa shape index (κ1) is 20.2. The van der Waals surface area contributed by atoms with E-state index in [1.54, 1.807) is 43.3 Å². The molecule has 0 spiro atoms. The predicted molar refractivity (Wildman–Crippen MR) is 115 cm³/mol. The Kier molecular flexibility index (Phi) is 6.04. The monoisotopic (exact) mass is 408 g/mol. The van der Waals surface area contributed by atoms with E-state index in [-0.39, 0.29) is 11.7 Å². The van der Waals surface area contributed by atoms with Crippen molar-refractivity contribution in [3.8, 4) is 0 Å². The van der Waals surface area contributed by atoms with Crippen molar-refractivity contribution >= 4 is 45.6 Å². The highest BCUT2D eigenvalue weighted by Crippen LogP contribution is 2.24. The van der Waals surface area contributed by atoms with E-state index in [0.717, 1.165) is 16.9 Å². The molecule has 29 heavy (non-hydrogen) atoms. The molecule has 0 radical (unpaired) electrons. The largest absolute Gasteiger partial charge is 0.325 e. The number of hydrogen-bond donors (Lipinski definition) is 3. The maximum atomic E-state index is 12.5. The zero-order valence-electron chi connectivity index (χ0n) is 16.2. The molecule has 3 rings (SSSR count). The van der Waals surface area contributed by atoms with Crippen LogP contribution in [0.15, 0.2) is 48.5 Å². The van der Waals surface area contributed by atoms with Crippen LogP contribution in [0.25, 0.3) is 0 Å². The molecule has 0 atom stereocenters. The fourth-order valence-corrected chi connectivity index (χ4v) is 3.39. The Balaban J connectivity index is 1.64. The van der Waals surface area contributed by atoms with Crippen LogP contribution in [0.5, 0.6) is 0 Å². The van der Waals surface area contributed by atoms with Crippen LogP contribution in [0.1, 0.15) is 38.2 Å². The van der Waals surface area contributed by atoms with Gasteiger partial charge in [-0.25, -0.2) is 9.78 Å². The van der Waals surface area contributed by atoms with Crippen molar-refractivity contribution in [3.63, 3.8) is 0 Å². The molecule has 0 saturated heterocycles. The van der Waals surface area contributed by atoms with Crippen molar-refractivity contribution in [1.29, 1.82) is 0 Å². The van der Waals surface area contributed by atoms with Gasteiger partial charge in [0.1, 0.15) is 4.88 Å². The summed E-state index contributed by atoms with van der Waals surface area (Å²) < 4.78 is 0. The highest BCUT2D eigenvalue weighted by atomic mass is 32.1. The van der Waals surface area contributed by atoms with Gasteiger partial charge in [0.15, 0.2) is 10.9 Å². The predicted octanol–water partition coefficient (Wildman–Crippen LogP) is 4.86. The standard InChI is InChI=1S/C21H20N4O3S/c1-12-4-8-17(9-5-12)24-20(28)25-21-22-13(2)18(29-21)19(27)23-16-10-6-15(7-11-16)14(3)26/h4-11H,1-3H3,(H,23,27)(H2,22,24,25,28). The number of thiazole rings is 1. The Labute approximate surface area is 172 Å². The number of aromatic nitrogens is 1. The van der Waals surface area contributed by atoms with Crippen LogP contribution in [0, 0.1) is 13.8 Å². The number of ketones is 1. The summed E-state index contributed by atoms with van der Waals surface area (Å²) in [6.45, 7) is 5.15. The summed E-state index contributed by atoms with van der Waals surface area (Å²) in [5.41, 5.74) is 3.41. The molecule has 3 aromatic rings. The molecule has 8 heteroatoms. The van der Waals surface area contributed by atoms with Crippen LogP contribution >= 0.6 is 11.3 Å². The molecule has 0 aliphatic heterocycles. The second kappa shape index (κ2) is 8.66. The lowest BCUT2D eigenvalue weighted by atomic mass is 10.1. The van der Waals surface area contributed by atoms with Gasteiger partial charge in [-0.15, -0.1) is 0 Å². The number of carbonyl (C=O) groups is 3. The minimum atomic E-state index is -0.436. The van der Waals surface area contributed by atoms with Crippen LogP contribution in [0.4, 0.5) is 21.3 Å². The number of rotatable bonds is 5. The van der Waals surface area contributed by atoms with Crippen molar-refractivity contribution < 1.29 is 14.4 Å². The van der Waals surface area contributed by atoms with Crippen LogP contribution in [-0.4, -0.2) is 22.7 Å². The molecule has 1 heterocycles. The second-order valence-corrected chi connectivity index (χ2v) is 7.47. The van der Waals surface area contributed by atoms with E-state index in [0.29, 0.717) is 32.6 Å². The number of aryl methyl sites for hydroxylation is 2. The lowest BCUT2D eigenvalue weighted by Gasteiger charge is -2.05. The Morgan fingerprint density at radius 2 is 1.41 bits per heavy atom. The third kappa shape index (κ3) is 5.26. The maximum absolute atomic E-state index is 12.5. The first-order valence-corrected chi connectivity index (χ1v) is 9.68. The summed E-state index contributed by atoms with van der Waals surface area (Å²) in [6, 6.07) is 13.6. The molecule has 0 fully saturated rings. The first-order valence-electron chi connectivity index (χ1n) is 8.86. The van der Waals surface area contributed by atoms with Gasteiger partial charge in [0.25, 0.3) is 5.91 Å². The Morgan fingerprint density at radius 3 is 2.03 bits per heavy atom. The fraction of sp³-hybridized carbons (Fsp3) is 0.143. The van der Waals surface area contributed by atoms with Gasteiger partial charge in [-0.1, -0.05) is 29.0 Å². The summed E-state index contributed by atoms with van der Waals surface area (Å²) in [7, 11) is 0. The SMILES string of the molecule is CC(=O)c1ccc(NC(=O)c2sc(NC(=O)Nc3ccc(C)cc3)nc2C)cc1. The number of benzene rings is 2. The van der Waals surface area contributed by atoms with Crippen molar-refractivity contribution in [1.82, 2.24) is 4.98 Å². The molecule has 3 amide bonds. The molecule has 0 bridgehead atoms. The van der Waals surface area contributed by atoms with Gasteiger partial charge in [0.05, 0.1) is 5.69 Å². The summed E-state index contributed by atoms with van der Waals surface area (Å²) in [4.78, 5) is 40.7. The van der Waals surface area contributed by atoms with E-state index < -0.39 is 6.03 Å². The number of nitrogens with zero attached hydrogens (tertiary/aromatic N) is 1. The summed E-state index contributed by atoms with van der Waals surface area (Å²) in [5, 5.41) is 8.46. The maximum Gasteiger partial charge on any atom is 0.325 e. The van der Waals surface area contributed by atoms with Crippen molar-refractivity contribution in [2.45, 2.75) is 20.8 Å². The fourth-order valence-electron chi connectivity index (χ4n) is 2.53. The van der Waals surface area contributed by atoms with E-state index in [2.05, 4.69) is 20.9 Å². The number of urea groups is 1. The lowest BCUT2D eigenvalue weighted by molar-refractivity contribution is 0.101. The number of amides is 3. The van der Waals surface area contributed by atoms with E-state index in [9.17, 15) is 14.4 Å². The molecule has 148 valence electrons. The molecule has 2 aromatic carbocycles. The van der Waals surface area contributed by atoms with Crippen LogP contribution in [-0.2, 0) is 0 Å². The third-order valence-electron chi connectivity index (χ3n) is 4.08. The molecular formula is C21H20N4O3S. The number of carbonyl (C=O) groups excluding carboxylic acids is 3. The van der Waals surface area contributed by atoms with Gasteiger partial charge >= 0.3 is 6.03 Å². The van der Waals surface area contributed by atoms with Crippen molar-refractivity contribution in [2.24, 2.45) is 0 Å². The van der Waals surface area contributed by atoms with Gasteiger partial charge in [0, 0.05) is 16.9 Å². The Hall–Kier alpha value is -3.52. The highest BCUT2D eigenvalue weighted by molar-refractivity contribution is 7.17. The van der Waals surface area contributed by atoms with Gasteiger partial charge in [-0.05, 0) is 57.2 Å². The van der Waals surface area contributed by atoms with Crippen molar-refractivity contribution in [3.05, 3.63) is 70.2 Å². The average Bonchev–Trinajstić information content (AvgIpc) is 3.04. The normalized spacial score (nSPS) is 10.3. The summed E-state index contributed by atoms with van der Waals surface area (Å²) >= 11 is 1.09. The zero-order chi connectivity index (χ0) is 21.0. The lowest BCUT2D eigenvalue weighted by Crippen LogP contribution is -2.19. The van der Waals surface area contributed by atoms with Gasteiger partial charge in [0.2, 0.25) is 0 Å². The average molecular weight is 408 g/mol. The first-order chi connectivity index (χ1) is 13.8. The second-order valence-electron chi connectivity index (χ2n) is 6.47. The Morgan fingerprint density at radius 1 is 0.828 bits per heavy atom. The van der Waals surface area contributed by atoms with E-state index in [1.165, 1.54) is 6.92 Å². The molecule has 0 aliphatic carbocycles. The number of nitrogens with one attached hydrogen (secondary N) is 3. The number of anilines is 3. The van der Waals surface area contributed by atoms with Crippen LogP contribution in [0.2, 0.25) is 0 Å². The zero-order valence-corrected chi connectivity index (χ0v) is 17.0. The van der Waals surface area contributed by atoms with Crippen LogP contribution < -0.4 is 16.0 Å². The topological polar surface area (TPSA) is 100 Å². The number of hydrogen-bond acceptors (Lipinski definition) is 5.